The molecule has 1 rings (SSSR count). The molecule has 86 valence electrons. The maximum absolute atomic E-state index is 11.3. The summed E-state index contributed by atoms with van der Waals surface area (Å²) in [6, 6.07) is 4.83. The summed E-state index contributed by atoms with van der Waals surface area (Å²) in [5.41, 5.74) is 1.50. The van der Waals surface area contributed by atoms with E-state index in [-0.39, 0.29) is 10.8 Å². The second-order valence-corrected chi connectivity index (χ2v) is 5.96. The zero-order valence-corrected chi connectivity index (χ0v) is 10.8. The second-order valence-electron chi connectivity index (χ2n) is 3.15. The van der Waals surface area contributed by atoms with Gasteiger partial charge in [0.1, 0.15) is 0 Å². The predicted octanol–water partition coefficient (Wildman–Crippen LogP) is 2.79. The Labute approximate surface area is 104 Å². The molecule has 1 aromatic rings. The molecule has 0 radical (unpaired) electrons. The fourth-order valence-corrected chi connectivity index (χ4v) is 2.84. The highest BCUT2D eigenvalue weighted by molar-refractivity contribution is 8.13. The van der Waals surface area contributed by atoms with Crippen LogP contribution in [0.2, 0.25) is 0 Å². The molecular weight excluding hydrogens is 269 g/mol. The van der Waals surface area contributed by atoms with E-state index in [4.69, 9.17) is 27.5 Å². The van der Waals surface area contributed by atoms with Crippen LogP contribution < -0.4 is 0 Å². The Morgan fingerprint density at radius 2 is 2.00 bits per heavy atom. The average molecular weight is 278 g/mol. The molecule has 0 aliphatic carbocycles. The lowest BCUT2D eigenvalue weighted by Crippen LogP contribution is -2.00. The lowest BCUT2D eigenvalue weighted by Gasteiger charge is -2.08. The van der Waals surface area contributed by atoms with Gasteiger partial charge in [0.2, 0.25) is 0 Å². The average Bonchev–Trinajstić information content (AvgIpc) is 2.25. The number of halogens is 2. The summed E-state index contributed by atoms with van der Waals surface area (Å²) in [7, 11) is 1.40. The van der Waals surface area contributed by atoms with Crippen LogP contribution in [0.15, 0.2) is 17.0 Å². The van der Waals surface area contributed by atoms with E-state index >= 15 is 0 Å². The van der Waals surface area contributed by atoms with Gasteiger partial charge in [-0.3, -0.25) is 0 Å². The molecule has 0 unspecified atom stereocenters. The van der Waals surface area contributed by atoms with E-state index in [1.807, 2.05) is 13.0 Å². The van der Waals surface area contributed by atoms with Crippen molar-refractivity contribution in [2.75, 3.05) is 0 Å². The van der Waals surface area contributed by atoms with Gasteiger partial charge in [-0.25, -0.2) is 8.42 Å². The summed E-state index contributed by atoms with van der Waals surface area (Å²) in [6.07, 6.45) is 0.634. The summed E-state index contributed by atoms with van der Waals surface area (Å²) < 4.78 is 22.6. The van der Waals surface area contributed by atoms with Crippen LogP contribution in [-0.2, 0) is 21.4 Å². The van der Waals surface area contributed by atoms with Crippen molar-refractivity contribution < 1.29 is 8.42 Å². The number of alkyl halides is 1. The highest BCUT2D eigenvalue weighted by atomic mass is 35.7. The smallest absolute Gasteiger partial charge is 0.207 e. The number of hydrogen-bond donors (Lipinski definition) is 0. The molecule has 0 aromatic heterocycles. The third kappa shape index (κ3) is 2.67. The first-order valence-corrected chi connectivity index (χ1v) is 7.35. The van der Waals surface area contributed by atoms with Crippen molar-refractivity contribution in [3.05, 3.63) is 28.8 Å². The van der Waals surface area contributed by atoms with E-state index in [0.29, 0.717) is 17.5 Å². The number of hydrogen-bond acceptors (Lipinski definition) is 3. The molecule has 0 spiro atoms. The van der Waals surface area contributed by atoms with Crippen LogP contribution in [-0.4, -0.2) is 8.42 Å². The molecule has 0 aliphatic rings. The number of rotatable bonds is 3. The standard InChI is InChI=1S/C10H9Cl2NO2S/c1-2-7-3-8(5-11)10(16(12,14)15)4-9(7)6-13/h3-4H,2,5H2,1H3. The van der Waals surface area contributed by atoms with Crippen molar-refractivity contribution in [2.45, 2.75) is 24.1 Å². The Morgan fingerprint density at radius 3 is 2.38 bits per heavy atom. The lowest BCUT2D eigenvalue weighted by atomic mass is 10.0. The van der Waals surface area contributed by atoms with Gasteiger partial charge in [-0.2, -0.15) is 5.26 Å². The van der Waals surface area contributed by atoms with Gasteiger partial charge in [0.25, 0.3) is 9.05 Å². The minimum atomic E-state index is -3.87. The number of nitrogens with zero attached hydrogens (tertiary/aromatic N) is 1. The molecule has 0 atom stereocenters. The normalized spacial score (nSPS) is 11.1. The van der Waals surface area contributed by atoms with Gasteiger partial charge < -0.3 is 0 Å². The molecule has 0 saturated carbocycles. The van der Waals surface area contributed by atoms with Gasteiger partial charge in [0.05, 0.1) is 16.5 Å². The summed E-state index contributed by atoms with van der Waals surface area (Å²) in [5.74, 6) is 0.0417. The Morgan fingerprint density at radius 1 is 1.38 bits per heavy atom. The first kappa shape index (κ1) is 13.3. The SMILES string of the molecule is CCc1cc(CCl)c(S(=O)(=O)Cl)cc1C#N. The molecule has 0 fully saturated rings. The fourth-order valence-electron chi connectivity index (χ4n) is 1.40. The van der Waals surface area contributed by atoms with Crippen LogP contribution >= 0.6 is 22.3 Å². The highest BCUT2D eigenvalue weighted by Crippen LogP contribution is 2.25. The summed E-state index contributed by atoms with van der Waals surface area (Å²) in [6.45, 7) is 1.88. The molecule has 0 saturated heterocycles. The largest absolute Gasteiger partial charge is 0.261 e. The van der Waals surface area contributed by atoms with E-state index < -0.39 is 9.05 Å². The van der Waals surface area contributed by atoms with Gasteiger partial charge in [0, 0.05) is 16.6 Å². The number of benzene rings is 1. The van der Waals surface area contributed by atoms with Gasteiger partial charge >= 0.3 is 0 Å². The Balaban J connectivity index is 3.58. The number of nitriles is 1. The van der Waals surface area contributed by atoms with Gasteiger partial charge in [-0.1, -0.05) is 13.0 Å². The third-order valence-electron chi connectivity index (χ3n) is 2.19. The minimum Gasteiger partial charge on any atom is -0.207 e. The van der Waals surface area contributed by atoms with E-state index in [9.17, 15) is 8.42 Å². The van der Waals surface area contributed by atoms with E-state index in [1.54, 1.807) is 6.07 Å². The quantitative estimate of drug-likeness (QED) is 0.631. The van der Waals surface area contributed by atoms with Crippen molar-refractivity contribution in [3.8, 4) is 6.07 Å². The van der Waals surface area contributed by atoms with Crippen molar-refractivity contribution in [1.29, 1.82) is 5.26 Å². The molecule has 16 heavy (non-hydrogen) atoms. The molecule has 0 aliphatic heterocycles. The molecule has 1 aromatic carbocycles. The molecule has 0 N–H and O–H groups in total. The highest BCUT2D eigenvalue weighted by Gasteiger charge is 2.18. The Hall–Kier alpha value is -0.760. The summed E-state index contributed by atoms with van der Waals surface area (Å²) in [4.78, 5) is -0.0853. The lowest BCUT2D eigenvalue weighted by molar-refractivity contribution is 0.609. The molecule has 6 heteroatoms. The second kappa shape index (κ2) is 5.05. The van der Waals surface area contributed by atoms with Gasteiger partial charge in [0.15, 0.2) is 0 Å². The van der Waals surface area contributed by atoms with Crippen molar-refractivity contribution >= 4 is 31.3 Å². The molecule has 0 heterocycles. The van der Waals surface area contributed by atoms with Crippen molar-refractivity contribution in [1.82, 2.24) is 0 Å². The number of aryl methyl sites for hydroxylation is 1. The molecule has 0 amide bonds. The van der Waals surface area contributed by atoms with E-state index in [2.05, 4.69) is 0 Å². The maximum atomic E-state index is 11.3. The fraction of sp³-hybridized carbons (Fsp3) is 0.300. The van der Waals surface area contributed by atoms with E-state index in [1.165, 1.54) is 6.07 Å². The van der Waals surface area contributed by atoms with Gasteiger partial charge in [-0.05, 0) is 23.6 Å². The van der Waals surface area contributed by atoms with Crippen LogP contribution in [0, 0.1) is 11.3 Å². The maximum Gasteiger partial charge on any atom is 0.261 e. The molecular formula is C10H9Cl2NO2S. The topological polar surface area (TPSA) is 57.9 Å². The molecule has 0 bridgehead atoms. The van der Waals surface area contributed by atoms with Crippen LogP contribution in [0.4, 0.5) is 0 Å². The Kier molecular flexibility index (Phi) is 4.20. The molecule has 3 nitrogen and oxygen atoms in total. The van der Waals surface area contributed by atoms with Crippen LogP contribution in [0.25, 0.3) is 0 Å². The van der Waals surface area contributed by atoms with Crippen molar-refractivity contribution in [2.24, 2.45) is 0 Å². The zero-order valence-electron chi connectivity index (χ0n) is 8.50. The first-order valence-electron chi connectivity index (χ1n) is 4.50. The van der Waals surface area contributed by atoms with Crippen LogP contribution in [0.3, 0.4) is 0 Å². The van der Waals surface area contributed by atoms with Crippen LogP contribution in [0.1, 0.15) is 23.6 Å². The Bertz CT molecular complexity index is 547. The van der Waals surface area contributed by atoms with E-state index in [0.717, 1.165) is 5.56 Å². The zero-order chi connectivity index (χ0) is 12.3. The monoisotopic (exact) mass is 277 g/mol. The predicted molar refractivity (Wildman–Crippen MR) is 63.1 cm³/mol. The minimum absolute atomic E-state index is 0.0417. The summed E-state index contributed by atoms with van der Waals surface area (Å²) >= 11 is 5.66. The third-order valence-corrected chi connectivity index (χ3v) is 3.89. The van der Waals surface area contributed by atoms with Gasteiger partial charge in [-0.15, -0.1) is 11.6 Å². The first-order chi connectivity index (χ1) is 7.43. The van der Waals surface area contributed by atoms with Crippen molar-refractivity contribution in [3.63, 3.8) is 0 Å². The summed E-state index contributed by atoms with van der Waals surface area (Å²) in [5, 5.41) is 8.88. The van der Waals surface area contributed by atoms with Crippen LogP contribution in [0.5, 0.6) is 0 Å².